The molecule has 1 saturated heterocycles. The number of aliphatic hydroxyl groups excluding tert-OH is 1. The van der Waals surface area contributed by atoms with Gasteiger partial charge in [0.05, 0.1) is 24.0 Å². The Kier molecular flexibility index (Phi) is 6.84. The van der Waals surface area contributed by atoms with Gasteiger partial charge in [0.15, 0.2) is 11.9 Å². The number of pyridine rings is 1. The zero-order chi connectivity index (χ0) is 26.3. The van der Waals surface area contributed by atoms with Crippen LogP contribution in [0.4, 0.5) is 5.82 Å². The third kappa shape index (κ3) is 4.89. The number of ether oxygens (including phenoxy) is 1. The summed E-state index contributed by atoms with van der Waals surface area (Å²) in [5.41, 5.74) is 2.44. The number of likely N-dealkylation sites (N-methyl/N-ethyl adjacent to an activating group) is 1. The number of hydrogen-bond acceptors (Lipinski definition) is 7. The lowest BCUT2D eigenvalue weighted by molar-refractivity contribution is -0.137. The number of amides is 1. The summed E-state index contributed by atoms with van der Waals surface area (Å²) in [6, 6.07) is 7.62. The Morgan fingerprint density at radius 3 is 2.89 bits per heavy atom. The molecule has 37 heavy (non-hydrogen) atoms. The maximum Gasteiger partial charge on any atom is 0.251 e. The van der Waals surface area contributed by atoms with Crippen LogP contribution in [-0.4, -0.2) is 50.6 Å². The van der Waals surface area contributed by atoms with Gasteiger partial charge in [0.1, 0.15) is 23.4 Å². The highest BCUT2D eigenvalue weighted by atomic mass is 35.5. The summed E-state index contributed by atoms with van der Waals surface area (Å²) in [5, 5.41) is 21.1. The van der Waals surface area contributed by atoms with Crippen molar-refractivity contribution in [3.8, 4) is 0 Å². The van der Waals surface area contributed by atoms with E-state index in [1.54, 1.807) is 23.3 Å². The summed E-state index contributed by atoms with van der Waals surface area (Å²) in [5.74, 6) is 0.768. The molecule has 0 radical (unpaired) electrons. The van der Waals surface area contributed by atoms with E-state index >= 15 is 0 Å². The molecule has 4 atom stereocenters. The number of aryl methyl sites for hydroxylation is 1. The molecule has 3 aromatic rings. The minimum absolute atomic E-state index is 0.219. The number of nitrogens with one attached hydrogen (secondary N) is 3. The predicted molar refractivity (Wildman–Crippen MR) is 141 cm³/mol. The Morgan fingerprint density at radius 2 is 2.14 bits per heavy atom. The predicted octanol–water partition coefficient (Wildman–Crippen LogP) is 3.12. The number of carbonyl (C=O) groups is 1. The molecular weight excluding hydrogens is 517 g/mol. The number of imidazole rings is 1. The highest BCUT2D eigenvalue weighted by molar-refractivity contribution is 6.31. The summed E-state index contributed by atoms with van der Waals surface area (Å²) in [7, 11) is 1.51. The van der Waals surface area contributed by atoms with Gasteiger partial charge in [-0.05, 0) is 31.5 Å². The molecule has 2 aliphatic rings. The first kappa shape index (κ1) is 25.5. The molecule has 0 aliphatic carbocycles. The van der Waals surface area contributed by atoms with Crippen LogP contribution in [0.2, 0.25) is 10.0 Å². The Hall–Kier alpha value is -3.18. The molecule has 194 valence electrons. The zero-order valence-corrected chi connectivity index (χ0v) is 22.0. The van der Waals surface area contributed by atoms with Crippen molar-refractivity contribution in [2.45, 2.75) is 50.9 Å². The fourth-order valence-corrected chi connectivity index (χ4v) is 4.93. The van der Waals surface area contributed by atoms with Crippen LogP contribution in [0.25, 0.3) is 0 Å². The van der Waals surface area contributed by atoms with Crippen molar-refractivity contribution in [1.29, 1.82) is 0 Å². The Bertz CT molecular complexity index is 1380. The SMILES string of the molecule is CNC(=O)[C@H]1O[C@@H](n2cnc3c2NC(C)(c2cncc(Cl)c2)NC3=NCc2cc(C)ccc2Cl)C[C@@H]1O. The number of halogens is 2. The smallest absolute Gasteiger partial charge is 0.251 e. The second-order valence-electron chi connectivity index (χ2n) is 9.30. The van der Waals surface area contributed by atoms with Gasteiger partial charge in [-0.25, -0.2) is 4.98 Å². The van der Waals surface area contributed by atoms with Gasteiger partial charge in [-0.1, -0.05) is 40.9 Å². The molecule has 4 heterocycles. The van der Waals surface area contributed by atoms with Gasteiger partial charge in [0, 0.05) is 36.4 Å². The minimum atomic E-state index is -0.977. The quantitative estimate of drug-likeness (QED) is 0.389. The topological polar surface area (TPSA) is 126 Å². The van der Waals surface area contributed by atoms with Crippen LogP contribution < -0.4 is 16.0 Å². The van der Waals surface area contributed by atoms with Crippen LogP contribution >= 0.6 is 23.2 Å². The van der Waals surface area contributed by atoms with Crippen LogP contribution in [0, 0.1) is 6.92 Å². The van der Waals surface area contributed by atoms with Crippen LogP contribution in [0.1, 0.15) is 42.0 Å². The number of hydrogen-bond donors (Lipinski definition) is 4. The second-order valence-corrected chi connectivity index (χ2v) is 10.1. The number of fused-ring (bicyclic) bond motifs is 1. The summed E-state index contributed by atoms with van der Waals surface area (Å²) < 4.78 is 7.70. The number of rotatable bonds is 5. The molecule has 1 amide bonds. The molecule has 10 nitrogen and oxygen atoms in total. The van der Waals surface area contributed by atoms with Crippen molar-refractivity contribution in [1.82, 2.24) is 25.2 Å². The lowest BCUT2D eigenvalue weighted by Gasteiger charge is -2.38. The summed E-state index contributed by atoms with van der Waals surface area (Å²) in [4.78, 5) is 25.9. The number of aromatic nitrogens is 3. The average Bonchev–Trinajstić information content (AvgIpc) is 3.47. The largest absolute Gasteiger partial charge is 0.390 e. The van der Waals surface area contributed by atoms with Gasteiger partial charge in [0.25, 0.3) is 5.91 Å². The fourth-order valence-electron chi connectivity index (χ4n) is 4.58. The summed E-state index contributed by atoms with van der Waals surface area (Å²) in [6.45, 7) is 4.27. The first-order chi connectivity index (χ1) is 17.7. The van der Waals surface area contributed by atoms with E-state index in [0.717, 1.165) is 16.7 Å². The first-order valence-electron chi connectivity index (χ1n) is 11.8. The summed E-state index contributed by atoms with van der Waals surface area (Å²) in [6.07, 6.45) is 2.56. The number of carbonyl (C=O) groups excluding carboxylic acids is 1. The van der Waals surface area contributed by atoms with E-state index in [0.29, 0.717) is 33.9 Å². The molecule has 2 aromatic heterocycles. The maximum absolute atomic E-state index is 12.2. The average molecular weight is 544 g/mol. The van der Waals surface area contributed by atoms with Gasteiger partial charge in [0.2, 0.25) is 0 Å². The van der Waals surface area contributed by atoms with Crippen molar-refractivity contribution >= 4 is 40.8 Å². The van der Waals surface area contributed by atoms with Crippen molar-refractivity contribution in [3.63, 3.8) is 0 Å². The van der Waals surface area contributed by atoms with Gasteiger partial charge in [-0.15, -0.1) is 0 Å². The molecule has 1 unspecified atom stereocenters. The van der Waals surface area contributed by atoms with Crippen LogP contribution in [0.5, 0.6) is 0 Å². The highest BCUT2D eigenvalue weighted by Crippen LogP contribution is 2.37. The standard InChI is InChI=1S/C25H27Cl2N7O3/c1-13-4-5-17(27)14(6-13)9-30-22-20-23(33-25(2,32-22)15-7-16(26)11-29-10-15)34(12-31-20)19-8-18(35)21(37-19)24(36)28-3/h4-7,10-12,18-19,21,33,35H,8-9H2,1-3H3,(H,28,36)(H,30,32)/t18-,19+,21-,25?/m0/s1. The van der Waals surface area contributed by atoms with E-state index in [2.05, 4.69) is 25.9 Å². The molecule has 1 fully saturated rings. The van der Waals surface area contributed by atoms with Gasteiger partial charge in [-0.3, -0.25) is 19.3 Å². The molecule has 4 N–H and O–H groups in total. The van der Waals surface area contributed by atoms with E-state index in [1.807, 2.05) is 38.1 Å². The fraction of sp³-hybridized carbons (Fsp3) is 0.360. The number of anilines is 1. The molecular formula is C25H27Cl2N7O3. The number of aliphatic hydroxyl groups is 1. The Morgan fingerprint density at radius 1 is 1.32 bits per heavy atom. The minimum Gasteiger partial charge on any atom is -0.390 e. The van der Waals surface area contributed by atoms with E-state index in [4.69, 9.17) is 32.9 Å². The van der Waals surface area contributed by atoms with Crippen molar-refractivity contribution in [2.75, 3.05) is 12.4 Å². The lowest BCUT2D eigenvalue weighted by Crippen LogP contribution is -2.54. The van der Waals surface area contributed by atoms with Gasteiger partial charge in [-0.2, -0.15) is 0 Å². The molecule has 2 aliphatic heterocycles. The molecule has 5 rings (SSSR count). The monoisotopic (exact) mass is 543 g/mol. The number of benzene rings is 1. The highest BCUT2D eigenvalue weighted by Gasteiger charge is 2.43. The molecule has 0 spiro atoms. The Balaban J connectivity index is 1.55. The molecule has 12 heteroatoms. The van der Waals surface area contributed by atoms with Crippen molar-refractivity contribution in [2.24, 2.45) is 4.99 Å². The second kappa shape index (κ2) is 9.94. The van der Waals surface area contributed by atoms with E-state index in [1.165, 1.54) is 7.05 Å². The van der Waals surface area contributed by atoms with Crippen LogP contribution in [-0.2, 0) is 21.7 Å². The first-order valence-corrected chi connectivity index (χ1v) is 12.5. The lowest BCUT2D eigenvalue weighted by atomic mass is 10.0. The van der Waals surface area contributed by atoms with Crippen LogP contribution in [0.15, 0.2) is 48.0 Å². The van der Waals surface area contributed by atoms with Gasteiger partial charge >= 0.3 is 0 Å². The van der Waals surface area contributed by atoms with Crippen molar-refractivity contribution < 1.29 is 14.6 Å². The van der Waals surface area contributed by atoms with E-state index < -0.39 is 24.1 Å². The van der Waals surface area contributed by atoms with E-state index in [-0.39, 0.29) is 12.3 Å². The van der Waals surface area contributed by atoms with Crippen LogP contribution in [0.3, 0.4) is 0 Å². The number of amidine groups is 1. The number of nitrogens with zero attached hydrogens (tertiary/aromatic N) is 4. The number of aliphatic imine (C=N–C) groups is 1. The molecule has 1 aromatic carbocycles. The Labute approximate surface area is 224 Å². The third-order valence-electron chi connectivity index (χ3n) is 6.56. The zero-order valence-electron chi connectivity index (χ0n) is 20.5. The van der Waals surface area contributed by atoms with Gasteiger partial charge < -0.3 is 25.8 Å². The normalized spacial score (nSPS) is 25.9. The molecule has 0 saturated carbocycles. The van der Waals surface area contributed by atoms with E-state index in [9.17, 15) is 9.90 Å². The summed E-state index contributed by atoms with van der Waals surface area (Å²) >= 11 is 12.7. The van der Waals surface area contributed by atoms with Crippen molar-refractivity contribution in [3.05, 3.63) is 75.4 Å². The maximum atomic E-state index is 12.2. The third-order valence-corrected chi connectivity index (χ3v) is 7.13. The molecule has 0 bridgehead atoms.